The van der Waals surface area contributed by atoms with E-state index in [1.807, 2.05) is 55.5 Å². The zero-order valence-electron chi connectivity index (χ0n) is 21.3. The number of imide groups is 1. The number of rotatable bonds is 10. The molecule has 1 heterocycles. The van der Waals surface area contributed by atoms with Gasteiger partial charge in [-0.05, 0) is 54.3 Å². The Bertz CT molecular complexity index is 1400. The first-order valence-electron chi connectivity index (χ1n) is 12.0. The van der Waals surface area contributed by atoms with Gasteiger partial charge < -0.3 is 20.1 Å². The van der Waals surface area contributed by atoms with Crippen LogP contribution in [0.3, 0.4) is 0 Å². The number of ether oxygens (including phenoxy) is 2. The molecule has 3 amide bonds. The lowest BCUT2D eigenvalue weighted by molar-refractivity contribution is -0.138. The summed E-state index contributed by atoms with van der Waals surface area (Å²) >= 11 is 6.27. The molecule has 8 nitrogen and oxygen atoms in total. The molecule has 0 radical (unpaired) electrons. The molecule has 0 bridgehead atoms. The van der Waals surface area contributed by atoms with Gasteiger partial charge in [0, 0.05) is 17.8 Å². The van der Waals surface area contributed by atoms with E-state index in [0.717, 1.165) is 21.6 Å². The van der Waals surface area contributed by atoms with E-state index in [9.17, 15) is 14.4 Å². The highest BCUT2D eigenvalue weighted by Gasteiger charge is 2.38. The van der Waals surface area contributed by atoms with Crippen LogP contribution < -0.4 is 20.1 Å². The minimum atomic E-state index is -0.565. The molecular weight excluding hydrogens is 506 g/mol. The van der Waals surface area contributed by atoms with Crippen molar-refractivity contribution in [3.8, 4) is 11.5 Å². The standard InChI is InChI=1S/C29H28ClN3O5/c1-18-9-11-21(27(34)31-14-13-19-10-12-23(37-2)24(15-19)38-3)16-22(18)32-26-25(30)28(35)33(29(26)36)17-20-7-5-4-6-8-20/h4-12,15-16,32H,13-14,17H2,1-3H3,(H,31,34). The van der Waals surface area contributed by atoms with Gasteiger partial charge in [0.05, 0.1) is 20.8 Å². The molecule has 1 aliphatic heterocycles. The molecule has 38 heavy (non-hydrogen) atoms. The number of hydrogen-bond donors (Lipinski definition) is 2. The number of nitrogens with one attached hydrogen (secondary N) is 2. The van der Waals surface area contributed by atoms with E-state index in [4.69, 9.17) is 21.1 Å². The van der Waals surface area contributed by atoms with E-state index in [1.165, 1.54) is 0 Å². The molecule has 3 aromatic carbocycles. The van der Waals surface area contributed by atoms with Gasteiger partial charge in [-0.2, -0.15) is 0 Å². The van der Waals surface area contributed by atoms with Crippen molar-refractivity contribution in [3.05, 3.63) is 99.7 Å². The Morgan fingerprint density at radius 2 is 1.63 bits per heavy atom. The van der Waals surface area contributed by atoms with Crippen LogP contribution >= 0.6 is 11.6 Å². The molecule has 2 N–H and O–H groups in total. The number of benzene rings is 3. The number of hydrogen-bond acceptors (Lipinski definition) is 6. The largest absolute Gasteiger partial charge is 0.493 e. The van der Waals surface area contributed by atoms with Crippen molar-refractivity contribution in [1.29, 1.82) is 0 Å². The molecule has 0 unspecified atom stereocenters. The SMILES string of the molecule is COc1ccc(CCNC(=O)c2ccc(C)c(NC3=C(Cl)C(=O)N(Cc4ccccc4)C3=O)c2)cc1OC. The normalized spacial score (nSPS) is 13.1. The molecule has 196 valence electrons. The molecule has 3 aromatic rings. The van der Waals surface area contributed by atoms with Gasteiger partial charge in [0.1, 0.15) is 10.7 Å². The summed E-state index contributed by atoms with van der Waals surface area (Å²) in [5.74, 6) is -0.0902. The van der Waals surface area contributed by atoms with Crippen molar-refractivity contribution in [1.82, 2.24) is 10.2 Å². The van der Waals surface area contributed by atoms with Crippen LogP contribution in [0.1, 0.15) is 27.0 Å². The maximum absolute atomic E-state index is 13.0. The summed E-state index contributed by atoms with van der Waals surface area (Å²) in [6.07, 6.45) is 0.597. The fourth-order valence-corrected chi connectivity index (χ4v) is 4.29. The monoisotopic (exact) mass is 533 g/mol. The molecule has 0 fully saturated rings. The van der Waals surface area contributed by atoms with E-state index in [0.29, 0.717) is 35.7 Å². The summed E-state index contributed by atoms with van der Waals surface area (Å²) in [5.41, 5.74) is 3.48. The van der Waals surface area contributed by atoms with Crippen molar-refractivity contribution >= 4 is 35.0 Å². The summed E-state index contributed by atoms with van der Waals surface area (Å²) in [4.78, 5) is 39.7. The van der Waals surface area contributed by atoms with E-state index >= 15 is 0 Å². The Balaban J connectivity index is 1.42. The van der Waals surface area contributed by atoms with Gasteiger partial charge in [-0.25, -0.2) is 0 Å². The van der Waals surface area contributed by atoms with Crippen LogP contribution in [0.15, 0.2) is 77.5 Å². The first-order valence-corrected chi connectivity index (χ1v) is 12.4. The second kappa shape index (κ2) is 11.8. The molecule has 0 aliphatic carbocycles. The lowest BCUT2D eigenvalue weighted by atomic mass is 10.1. The van der Waals surface area contributed by atoms with Gasteiger partial charge in [-0.15, -0.1) is 0 Å². The quantitative estimate of drug-likeness (QED) is 0.375. The van der Waals surface area contributed by atoms with E-state index in [1.54, 1.807) is 32.4 Å². The van der Waals surface area contributed by atoms with Crippen LogP contribution in [0.4, 0.5) is 5.69 Å². The van der Waals surface area contributed by atoms with Gasteiger partial charge in [0.15, 0.2) is 11.5 Å². The third-order valence-corrected chi connectivity index (χ3v) is 6.55. The highest BCUT2D eigenvalue weighted by molar-refractivity contribution is 6.48. The molecule has 4 rings (SSSR count). The van der Waals surface area contributed by atoms with E-state index < -0.39 is 11.8 Å². The Labute approximate surface area is 226 Å². The van der Waals surface area contributed by atoms with Crippen LogP contribution in [-0.2, 0) is 22.6 Å². The molecule has 0 atom stereocenters. The van der Waals surface area contributed by atoms with Crippen molar-refractivity contribution in [2.24, 2.45) is 0 Å². The minimum Gasteiger partial charge on any atom is -0.493 e. The van der Waals surface area contributed by atoms with Crippen molar-refractivity contribution in [2.75, 3.05) is 26.1 Å². The number of nitrogens with zero attached hydrogens (tertiary/aromatic N) is 1. The third kappa shape index (κ3) is 5.81. The Hall–Kier alpha value is -4.30. The predicted octanol–water partition coefficient (Wildman–Crippen LogP) is 4.42. The van der Waals surface area contributed by atoms with E-state index in [2.05, 4.69) is 10.6 Å². The number of carbonyl (C=O) groups excluding carboxylic acids is 3. The number of aryl methyl sites for hydroxylation is 1. The molecule has 1 aliphatic rings. The summed E-state index contributed by atoms with van der Waals surface area (Å²) in [7, 11) is 3.15. The second-order valence-corrected chi connectivity index (χ2v) is 9.10. The maximum atomic E-state index is 13.0. The third-order valence-electron chi connectivity index (χ3n) is 6.20. The summed E-state index contributed by atoms with van der Waals surface area (Å²) in [6.45, 7) is 2.35. The summed E-state index contributed by atoms with van der Waals surface area (Å²) < 4.78 is 10.6. The predicted molar refractivity (Wildman–Crippen MR) is 145 cm³/mol. The first kappa shape index (κ1) is 26.8. The van der Waals surface area contributed by atoms with Crippen LogP contribution in [-0.4, -0.2) is 43.4 Å². The topological polar surface area (TPSA) is 97.0 Å². The van der Waals surface area contributed by atoms with Gasteiger partial charge in [0.25, 0.3) is 17.7 Å². The number of anilines is 1. The highest BCUT2D eigenvalue weighted by Crippen LogP contribution is 2.29. The zero-order valence-corrected chi connectivity index (χ0v) is 22.1. The Morgan fingerprint density at radius 3 is 2.34 bits per heavy atom. The molecule has 0 saturated carbocycles. The average Bonchev–Trinajstić information content (AvgIpc) is 3.13. The fraction of sp³-hybridized carbons (Fsp3) is 0.207. The van der Waals surface area contributed by atoms with Crippen molar-refractivity contribution in [2.45, 2.75) is 19.9 Å². The van der Waals surface area contributed by atoms with Gasteiger partial charge in [-0.1, -0.05) is 54.1 Å². The van der Waals surface area contributed by atoms with Crippen LogP contribution in [0.5, 0.6) is 11.5 Å². The van der Waals surface area contributed by atoms with Gasteiger partial charge in [0.2, 0.25) is 0 Å². The number of methoxy groups -OCH3 is 2. The highest BCUT2D eigenvalue weighted by atomic mass is 35.5. The van der Waals surface area contributed by atoms with E-state index in [-0.39, 0.29) is 23.2 Å². The Kier molecular flexibility index (Phi) is 8.33. The molecule has 9 heteroatoms. The number of halogens is 1. The smallest absolute Gasteiger partial charge is 0.279 e. The maximum Gasteiger partial charge on any atom is 0.279 e. The lowest BCUT2D eigenvalue weighted by Crippen LogP contribution is -2.31. The second-order valence-electron chi connectivity index (χ2n) is 8.72. The minimum absolute atomic E-state index is 0.0123. The van der Waals surface area contributed by atoms with Gasteiger partial charge in [-0.3, -0.25) is 19.3 Å². The summed E-state index contributed by atoms with van der Waals surface area (Å²) in [5, 5.41) is 5.71. The van der Waals surface area contributed by atoms with Crippen LogP contribution in [0.25, 0.3) is 0 Å². The zero-order chi connectivity index (χ0) is 27.2. The van der Waals surface area contributed by atoms with Crippen LogP contribution in [0, 0.1) is 6.92 Å². The molecule has 0 saturated heterocycles. The fourth-order valence-electron chi connectivity index (χ4n) is 4.06. The van der Waals surface area contributed by atoms with Crippen LogP contribution in [0.2, 0.25) is 0 Å². The van der Waals surface area contributed by atoms with Crippen molar-refractivity contribution in [3.63, 3.8) is 0 Å². The Morgan fingerprint density at radius 1 is 0.895 bits per heavy atom. The number of amides is 3. The first-order chi connectivity index (χ1) is 18.3. The van der Waals surface area contributed by atoms with Crippen molar-refractivity contribution < 1.29 is 23.9 Å². The molecule has 0 spiro atoms. The molecule has 0 aromatic heterocycles. The number of carbonyl (C=O) groups is 3. The lowest BCUT2D eigenvalue weighted by Gasteiger charge is -2.16. The summed E-state index contributed by atoms with van der Waals surface area (Å²) in [6, 6.07) is 19.9. The average molecular weight is 534 g/mol. The molecular formula is C29H28ClN3O5. The van der Waals surface area contributed by atoms with Gasteiger partial charge >= 0.3 is 0 Å².